The first kappa shape index (κ1) is 33.5. The van der Waals surface area contributed by atoms with E-state index >= 15 is 0 Å². The average molecular weight is 641 g/mol. The minimum Gasteiger partial charge on any atom is -0.459 e. The van der Waals surface area contributed by atoms with Crippen LogP contribution in [0.3, 0.4) is 0 Å². The number of fused-ring (bicyclic) bond motifs is 2. The number of nitrogen functional groups attached to an aromatic ring is 1. The lowest BCUT2D eigenvalue weighted by Gasteiger charge is -2.30. The fourth-order valence-electron chi connectivity index (χ4n) is 5.66. The molecule has 15 heteroatoms. The second-order valence-electron chi connectivity index (χ2n) is 12.9. The van der Waals surface area contributed by atoms with Gasteiger partial charge in [0.1, 0.15) is 48.4 Å². The molecule has 0 radical (unpaired) electrons. The van der Waals surface area contributed by atoms with Gasteiger partial charge in [-0.1, -0.05) is 30.3 Å². The van der Waals surface area contributed by atoms with Gasteiger partial charge in [0.15, 0.2) is 23.5 Å². The van der Waals surface area contributed by atoms with Gasteiger partial charge in [0.2, 0.25) is 0 Å². The van der Waals surface area contributed by atoms with Crippen LogP contribution in [0.5, 0.6) is 0 Å². The van der Waals surface area contributed by atoms with Crippen molar-refractivity contribution in [2.45, 2.75) is 89.6 Å². The summed E-state index contributed by atoms with van der Waals surface area (Å²) in [5.74, 6) is -1.14. The zero-order valence-corrected chi connectivity index (χ0v) is 26.9. The summed E-state index contributed by atoms with van der Waals surface area (Å²) in [5.41, 5.74) is 13.1. The van der Waals surface area contributed by atoms with Gasteiger partial charge in [-0.3, -0.25) is 9.47 Å². The molecule has 46 heavy (non-hydrogen) atoms. The molecule has 2 aliphatic heterocycles. The van der Waals surface area contributed by atoms with E-state index in [-0.39, 0.29) is 18.8 Å². The number of hydrogen-bond acceptors (Lipinski definition) is 13. The van der Waals surface area contributed by atoms with E-state index < -0.39 is 54.0 Å². The molecule has 0 spiro atoms. The number of carbonyl (C=O) groups excluding carboxylic acids is 2. The van der Waals surface area contributed by atoms with Crippen molar-refractivity contribution in [2.75, 3.05) is 31.9 Å². The average Bonchev–Trinajstić information content (AvgIpc) is 3.65. The van der Waals surface area contributed by atoms with E-state index in [1.807, 2.05) is 44.2 Å². The highest BCUT2D eigenvalue weighted by atomic mass is 16.8. The van der Waals surface area contributed by atoms with Crippen LogP contribution < -0.4 is 16.8 Å². The van der Waals surface area contributed by atoms with Crippen molar-refractivity contribution in [3.05, 3.63) is 48.5 Å². The maximum atomic E-state index is 13.2. The highest BCUT2D eigenvalue weighted by molar-refractivity contribution is 5.82. The first-order chi connectivity index (χ1) is 21.8. The third-order valence-corrected chi connectivity index (χ3v) is 7.60. The summed E-state index contributed by atoms with van der Waals surface area (Å²) in [7, 11) is 0. The standard InChI is InChI=1S/C31H44N8O7/c1-30(2,3)46-29(41)37-20(28(40)42-16-19-9-7-6-8-10-19)11-13-38(14-12-32)15-21-23-24(45-31(4,5)44-23)27(43-21)39-18-36-22-25(33)34-17-35-26(22)39/h6-10,17-18,20-21,23-24,27H,11-16,32H2,1-5H3,(H,37,41)(H2,33,34,35)/t20-,21+,23+,24+,27?/m0/s1. The molecule has 2 aliphatic rings. The number of hydrogen-bond donors (Lipinski definition) is 3. The van der Waals surface area contributed by atoms with Crippen LogP contribution >= 0.6 is 0 Å². The number of ether oxygens (including phenoxy) is 5. The van der Waals surface area contributed by atoms with Gasteiger partial charge >= 0.3 is 12.1 Å². The third kappa shape index (κ3) is 8.09. The molecule has 0 aliphatic carbocycles. The predicted octanol–water partition coefficient (Wildman–Crippen LogP) is 2.11. The zero-order chi connectivity index (χ0) is 33.1. The van der Waals surface area contributed by atoms with Crippen LogP contribution in [-0.4, -0.2) is 98.4 Å². The second-order valence-corrected chi connectivity index (χ2v) is 12.9. The van der Waals surface area contributed by atoms with E-state index in [4.69, 9.17) is 35.2 Å². The van der Waals surface area contributed by atoms with E-state index in [2.05, 4.69) is 25.2 Å². The van der Waals surface area contributed by atoms with Crippen molar-refractivity contribution in [1.29, 1.82) is 0 Å². The number of carbonyl (C=O) groups is 2. The van der Waals surface area contributed by atoms with Gasteiger partial charge in [-0.2, -0.15) is 0 Å². The summed E-state index contributed by atoms with van der Waals surface area (Å²) in [6, 6.07) is 8.37. The normalized spacial score (nSPS) is 22.9. The molecule has 2 fully saturated rings. The van der Waals surface area contributed by atoms with Crippen LogP contribution in [0.15, 0.2) is 43.0 Å². The first-order valence-corrected chi connectivity index (χ1v) is 15.4. The van der Waals surface area contributed by atoms with Gasteiger partial charge in [-0.25, -0.2) is 24.5 Å². The summed E-state index contributed by atoms with van der Waals surface area (Å²) in [5, 5.41) is 2.69. The molecule has 1 aromatic carbocycles. The van der Waals surface area contributed by atoms with Gasteiger partial charge in [-0.05, 0) is 46.6 Å². The number of nitrogens with two attached hydrogens (primary N) is 2. The fraction of sp³-hybridized carbons (Fsp3) is 0.581. The number of rotatable bonds is 12. The number of esters is 1. The Bertz CT molecular complexity index is 1500. The number of anilines is 1. The Hall–Kier alpha value is -3.89. The number of benzene rings is 1. The molecule has 5 rings (SSSR count). The number of imidazole rings is 1. The summed E-state index contributed by atoms with van der Waals surface area (Å²) < 4.78 is 32.0. The molecule has 2 saturated heterocycles. The monoisotopic (exact) mass is 640 g/mol. The van der Waals surface area contributed by atoms with Gasteiger partial charge in [0.05, 0.1) is 6.33 Å². The number of amides is 1. The quantitative estimate of drug-likeness (QED) is 0.244. The fourth-order valence-corrected chi connectivity index (χ4v) is 5.66. The molecule has 1 unspecified atom stereocenters. The van der Waals surface area contributed by atoms with Crippen LogP contribution in [-0.2, 0) is 35.1 Å². The lowest BCUT2D eigenvalue weighted by molar-refractivity contribution is -0.198. The van der Waals surface area contributed by atoms with Crippen LogP contribution in [0, 0.1) is 0 Å². The van der Waals surface area contributed by atoms with E-state index in [1.165, 1.54) is 6.33 Å². The Balaban J connectivity index is 1.30. The molecule has 0 bridgehead atoms. The van der Waals surface area contributed by atoms with Gasteiger partial charge in [-0.15, -0.1) is 0 Å². The molecule has 2 aromatic heterocycles. The summed E-state index contributed by atoms with van der Waals surface area (Å²) in [6.45, 7) is 10.7. The Morgan fingerprint density at radius 3 is 2.57 bits per heavy atom. The largest absolute Gasteiger partial charge is 0.459 e. The molecular weight excluding hydrogens is 596 g/mol. The van der Waals surface area contributed by atoms with Crippen molar-refractivity contribution in [3.63, 3.8) is 0 Å². The van der Waals surface area contributed by atoms with Crippen molar-refractivity contribution < 1.29 is 33.3 Å². The minimum atomic E-state index is -0.962. The summed E-state index contributed by atoms with van der Waals surface area (Å²) >= 11 is 0. The molecule has 3 aromatic rings. The number of aromatic nitrogens is 4. The van der Waals surface area contributed by atoms with Crippen molar-refractivity contribution in [1.82, 2.24) is 29.7 Å². The Kier molecular flexibility index (Phi) is 10.1. The SMILES string of the molecule is CC(C)(C)OC(=O)N[C@@H](CCN(CCN)C[C@H]1OC(n2cnc3c(N)ncnc32)[C@@H]2OC(C)(C)O[C@H]12)C(=O)OCc1ccccc1. The second kappa shape index (κ2) is 13.8. The summed E-state index contributed by atoms with van der Waals surface area (Å²) in [6.07, 6.45) is 0.632. The Labute approximate surface area is 267 Å². The van der Waals surface area contributed by atoms with Crippen molar-refractivity contribution >= 4 is 29.0 Å². The minimum absolute atomic E-state index is 0.0751. The molecule has 5 N–H and O–H groups in total. The van der Waals surface area contributed by atoms with E-state index in [0.29, 0.717) is 37.3 Å². The number of nitrogens with one attached hydrogen (secondary N) is 1. The number of alkyl carbamates (subject to hydrolysis) is 1. The van der Waals surface area contributed by atoms with Crippen LogP contribution in [0.4, 0.5) is 10.6 Å². The topological polar surface area (TPSA) is 191 Å². The van der Waals surface area contributed by atoms with Crippen LogP contribution in [0.1, 0.15) is 52.8 Å². The van der Waals surface area contributed by atoms with E-state index in [0.717, 1.165) is 5.56 Å². The van der Waals surface area contributed by atoms with Crippen LogP contribution in [0.25, 0.3) is 11.2 Å². The predicted molar refractivity (Wildman–Crippen MR) is 167 cm³/mol. The molecule has 15 nitrogen and oxygen atoms in total. The Morgan fingerprint density at radius 1 is 1.11 bits per heavy atom. The van der Waals surface area contributed by atoms with Gasteiger partial charge in [0, 0.05) is 26.2 Å². The molecule has 250 valence electrons. The summed E-state index contributed by atoms with van der Waals surface area (Å²) in [4.78, 5) is 40.8. The molecular formula is C31H44N8O7. The Morgan fingerprint density at radius 2 is 1.85 bits per heavy atom. The third-order valence-electron chi connectivity index (χ3n) is 7.60. The first-order valence-electron chi connectivity index (χ1n) is 15.4. The number of nitrogens with zero attached hydrogens (tertiary/aromatic N) is 5. The van der Waals surface area contributed by atoms with Crippen LogP contribution in [0.2, 0.25) is 0 Å². The lowest BCUT2D eigenvalue weighted by Crippen LogP contribution is -2.47. The zero-order valence-electron chi connectivity index (χ0n) is 26.9. The highest BCUT2D eigenvalue weighted by Gasteiger charge is 2.56. The molecule has 5 atom stereocenters. The molecule has 0 saturated carbocycles. The van der Waals surface area contributed by atoms with Crippen molar-refractivity contribution in [3.8, 4) is 0 Å². The molecule has 1 amide bonds. The van der Waals surface area contributed by atoms with E-state index in [1.54, 1.807) is 31.7 Å². The highest BCUT2D eigenvalue weighted by Crippen LogP contribution is 2.44. The maximum Gasteiger partial charge on any atom is 0.408 e. The van der Waals surface area contributed by atoms with Gasteiger partial charge in [0.25, 0.3) is 0 Å². The lowest BCUT2D eigenvalue weighted by atomic mass is 10.1. The maximum absolute atomic E-state index is 13.2. The molecule has 4 heterocycles. The van der Waals surface area contributed by atoms with Gasteiger partial charge < -0.3 is 40.5 Å². The van der Waals surface area contributed by atoms with Crippen molar-refractivity contribution in [2.24, 2.45) is 5.73 Å². The smallest absolute Gasteiger partial charge is 0.408 e. The van der Waals surface area contributed by atoms with E-state index in [9.17, 15) is 9.59 Å².